The van der Waals surface area contributed by atoms with Crippen molar-refractivity contribution in [3.63, 3.8) is 0 Å². The molecule has 1 fully saturated rings. The summed E-state index contributed by atoms with van der Waals surface area (Å²) in [5, 5.41) is 14.9. The Labute approximate surface area is 203 Å². The van der Waals surface area contributed by atoms with Gasteiger partial charge in [0.15, 0.2) is 0 Å². The minimum Gasteiger partial charge on any atom is -0.480 e. The molecule has 2 aliphatic carbocycles. The van der Waals surface area contributed by atoms with Gasteiger partial charge in [0.1, 0.15) is 12.1 Å². The lowest BCUT2D eigenvalue weighted by atomic mass is 9.97. The Bertz CT molecular complexity index is 1230. The Kier molecular flexibility index (Phi) is 5.99. The second-order valence-electron chi connectivity index (χ2n) is 9.08. The van der Waals surface area contributed by atoms with Crippen molar-refractivity contribution in [3.05, 3.63) is 89.5 Å². The number of rotatable bonds is 6. The molecule has 0 spiro atoms. The normalized spacial score (nSPS) is 15.7. The number of carboxylic acids is 1. The van der Waals surface area contributed by atoms with Gasteiger partial charge >= 0.3 is 12.1 Å². The molecule has 7 heteroatoms. The van der Waals surface area contributed by atoms with E-state index < -0.39 is 23.5 Å². The molecule has 5 rings (SSSR count). The predicted octanol–water partition coefficient (Wildman–Crippen LogP) is 5.17. The van der Waals surface area contributed by atoms with E-state index in [4.69, 9.17) is 4.74 Å². The molecule has 7 nitrogen and oxygen atoms in total. The summed E-state index contributed by atoms with van der Waals surface area (Å²) in [6.45, 7) is 0.206. The van der Waals surface area contributed by atoms with E-state index >= 15 is 0 Å². The number of nitrogens with one attached hydrogen (secondary N) is 2. The molecule has 1 saturated carbocycles. The largest absolute Gasteiger partial charge is 0.480 e. The van der Waals surface area contributed by atoms with Crippen LogP contribution in [0.3, 0.4) is 0 Å². The molecule has 0 aliphatic heterocycles. The average molecular weight is 471 g/mol. The third-order valence-electron chi connectivity index (χ3n) is 6.96. The van der Waals surface area contributed by atoms with E-state index in [-0.39, 0.29) is 12.5 Å². The summed E-state index contributed by atoms with van der Waals surface area (Å²) in [6.07, 6.45) is 1.82. The Balaban J connectivity index is 1.20. The van der Waals surface area contributed by atoms with Crippen LogP contribution in [0.25, 0.3) is 11.1 Å². The number of hydrogen-bond donors (Lipinski definition) is 3. The van der Waals surface area contributed by atoms with Crippen molar-refractivity contribution in [1.29, 1.82) is 0 Å². The summed E-state index contributed by atoms with van der Waals surface area (Å²) >= 11 is 0. The van der Waals surface area contributed by atoms with Gasteiger partial charge in [-0.25, -0.2) is 9.59 Å². The van der Waals surface area contributed by atoms with E-state index in [0.29, 0.717) is 24.1 Å². The number of fused-ring (bicyclic) bond motifs is 3. The van der Waals surface area contributed by atoms with E-state index in [1.807, 2.05) is 24.3 Å². The second kappa shape index (κ2) is 9.25. The minimum absolute atomic E-state index is 0.0311. The minimum atomic E-state index is -1.20. The summed E-state index contributed by atoms with van der Waals surface area (Å²) in [5.74, 6) is -1.48. The topological polar surface area (TPSA) is 105 Å². The Morgan fingerprint density at radius 1 is 0.857 bits per heavy atom. The van der Waals surface area contributed by atoms with Crippen LogP contribution in [-0.4, -0.2) is 35.2 Å². The highest BCUT2D eigenvalue weighted by molar-refractivity contribution is 5.98. The van der Waals surface area contributed by atoms with Gasteiger partial charge in [-0.1, -0.05) is 61.4 Å². The van der Waals surface area contributed by atoms with Crippen LogP contribution in [-0.2, 0) is 9.53 Å². The number of ether oxygens (including phenoxy) is 1. The first-order chi connectivity index (χ1) is 17.0. The second-order valence-corrected chi connectivity index (χ2v) is 9.08. The maximum absolute atomic E-state index is 12.6. The smallest absolute Gasteiger partial charge is 0.411 e. The fourth-order valence-corrected chi connectivity index (χ4v) is 5.12. The van der Waals surface area contributed by atoms with Gasteiger partial charge < -0.3 is 15.2 Å². The molecule has 3 aromatic carbocycles. The molecule has 0 unspecified atom stereocenters. The lowest BCUT2D eigenvalue weighted by Gasteiger charge is -2.25. The van der Waals surface area contributed by atoms with Crippen molar-refractivity contribution in [2.75, 3.05) is 11.9 Å². The predicted molar refractivity (Wildman–Crippen MR) is 131 cm³/mol. The molecule has 0 heterocycles. The molecule has 35 heavy (non-hydrogen) atoms. The van der Waals surface area contributed by atoms with E-state index in [2.05, 4.69) is 34.9 Å². The lowest BCUT2D eigenvalue weighted by Crippen LogP contribution is -2.52. The number of aliphatic carboxylic acids is 1. The number of hydrogen-bond acceptors (Lipinski definition) is 4. The number of carboxylic acid groups (broad SMARTS) is 1. The van der Waals surface area contributed by atoms with Crippen LogP contribution in [0.1, 0.15) is 53.1 Å². The van der Waals surface area contributed by atoms with Gasteiger partial charge in [-0.15, -0.1) is 0 Å². The maximum Gasteiger partial charge on any atom is 0.411 e. The SMILES string of the molecule is O=C(Nc1ccc(C(=O)NC2(C(=O)O)CCCC2)cc1)OCC1c2ccccc2-c2ccccc21. The molecule has 0 bridgehead atoms. The highest BCUT2D eigenvalue weighted by Crippen LogP contribution is 2.44. The first-order valence-electron chi connectivity index (χ1n) is 11.7. The molecule has 0 atom stereocenters. The van der Waals surface area contributed by atoms with Crippen LogP contribution in [0, 0.1) is 0 Å². The third kappa shape index (κ3) is 4.37. The Hall–Kier alpha value is -4.13. The van der Waals surface area contributed by atoms with Crippen molar-refractivity contribution >= 4 is 23.7 Å². The van der Waals surface area contributed by atoms with Gasteiger partial charge in [-0.2, -0.15) is 0 Å². The molecule has 0 saturated heterocycles. The van der Waals surface area contributed by atoms with E-state index in [9.17, 15) is 19.5 Å². The van der Waals surface area contributed by atoms with E-state index in [0.717, 1.165) is 35.1 Å². The van der Waals surface area contributed by atoms with Crippen molar-refractivity contribution in [2.45, 2.75) is 37.1 Å². The molecule has 178 valence electrons. The van der Waals surface area contributed by atoms with E-state index in [1.54, 1.807) is 24.3 Å². The van der Waals surface area contributed by atoms with Crippen molar-refractivity contribution in [2.24, 2.45) is 0 Å². The fourth-order valence-electron chi connectivity index (χ4n) is 5.12. The van der Waals surface area contributed by atoms with Crippen LogP contribution in [0.5, 0.6) is 0 Å². The molecule has 2 amide bonds. The summed E-state index contributed by atoms with van der Waals surface area (Å²) in [5.41, 5.74) is 4.20. The monoisotopic (exact) mass is 470 g/mol. The fraction of sp³-hybridized carbons (Fsp3) is 0.250. The zero-order valence-electron chi connectivity index (χ0n) is 19.1. The number of carbonyl (C=O) groups is 3. The molecular weight excluding hydrogens is 444 g/mol. The van der Waals surface area contributed by atoms with Crippen molar-refractivity contribution in [1.82, 2.24) is 5.32 Å². The van der Waals surface area contributed by atoms with Gasteiger partial charge in [0.05, 0.1) is 0 Å². The van der Waals surface area contributed by atoms with Gasteiger partial charge in [-0.3, -0.25) is 10.1 Å². The summed E-state index contributed by atoms with van der Waals surface area (Å²) in [6, 6.07) is 22.6. The van der Waals surface area contributed by atoms with Crippen LogP contribution in [0.15, 0.2) is 72.8 Å². The average Bonchev–Trinajstić information content (AvgIpc) is 3.47. The van der Waals surface area contributed by atoms with Crippen molar-refractivity contribution in [3.8, 4) is 11.1 Å². The number of carbonyl (C=O) groups excluding carboxylic acids is 2. The summed E-state index contributed by atoms with van der Waals surface area (Å²) < 4.78 is 5.55. The summed E-state index contributed by atoms with van der Waals surface area (Å²) in [7, 11) is 0. The summed E-state index contributed by atoms with van der Waals surface area (Å²) in [4.78, 5) is 36.8. The molecule has 3 aromatic rings. The van der Waals surface area contributed by atoms with Gasteiger partial charge in [0.25, 0.3) is 5.91 Å². The molecule has 3 N–H and O–H groups in total. The van der Waals surface area contributed by atoms with Crippen molar-refractivity contribution < 1.29 is 24.2 Å². The standard InChI is InChI=1S/C28H26N2O5/c31-25(30-28(26(32)33)15-5-6-16-28)18-11-13-19(14-12-18)29-27(34)35-17-24-22-9-3-1-7-20(22)21-8-2-4-10-23(21)24/h1-4,7-14,24H,5-6,15-17H2,(H,29,34)(H,30,31)(H,32,33). The highest BCUT2D eigenvalue weighted by Gasteiger charge is 2.42. The van der Waals surface area contributed by atoms with Crippen LogP contribution in [0.2, 0.25) is 0 Å². The Morgan fingerprint density at radius 2 is 1.43 bits per heavy atom. The lowest BCUT2D eigenvalue weighted by molar-refractivity contribution is -0.144. The first kappa shape index (κ1) is 22.7. The maximum atomic E-state index is 12.6. The zero-order chi connectivity index (χ0) is 24.4. The van der Waals surface area contributed by atoms with Crippen LogP contribution < -0.4 is 10.6 Å². The number of anilines is 1. The zero-order valence-corrected chi connectivity index (χ0v) is 19.1. The van der Waals surface area contributed by atoms with Gasteiger partial charge in [0.2, 0.25) is 0 Å². The molecule has 2 aliphatic rings. The highest BCUT2D eigenvalue weighted by atomic mass is 16.5. The first-order valence-corrected chi connectivity index (χ1v) is 11.7. The van der Waals surface area contributed by atoms with Gasteiger partial charge in [0, 0.05) is 17.2 Å². The van der Waals surface area contributed by atoms with E-state index in [1.165, 1.54) is 0 Å². The van der Waals surface area contributed by atoms with Crippen LogP contribution >= 0.6 is 0 Å². The quantitative estimate of drug-likeness (QED) is 0.461. The third-order valence-corrected chi connectivity index (χ3v) is 6.96. The number of benzene rings is 3. The molecular formula is C28H26N2O5. The molecule has 0 radical (unpaired) electrons. The Morgan fingerprint density at radius 3 is 2.00 bits per heavy atom. The number of amides is 2. The van der Waals surface area contributed by atoms with Gasteiger partial charge in [-0.05, 0) is 59.4 Å². The molecule has 0 aromatic heterocycles. The van der Waals surface area contributed by atoms with Crippen LogP contribution in [0.4, 0.5) is 10.5 Å².